The molecule has 1 aliphatic heterocycles. The summed E-state index contributed by atoms with van der Waals surface area (Å²) in [5.41, 5.74) is 3.47. The zero-order chi connectivity index (χ0) is 15.4. The van der Waals surface area contributed by atoms with Gasteiger partial charge in [0, 0.05) is 17.6 Å². The molecule has 2 nitrogen and oxygen atoms in total. The first-order valence-electron chi connectivity index (χ1n) is 7.27. The summed E-state index contributed by atoms with van der Waals surface area (Å²) in [4.78, 5) is 11.8. The van der Waals surface area contributed by atoms with E-state index in [1.165, 1.54) is 0 Å². The Balaban J connectivity index is 1.86. The molecule has 0 aromatic heterocycles. The zero-order valence-electron chi connectivity index (χ0n) is 12.4. The summed E-state index contributed by atoms with van der Waals surface area (Å²) in [6, 6.07) is 19.8. The summed E-state index contributed by atoms with van der Waals surface area (Å²) < 4.78 is 5.46. The second-order valence-electron chi connectivity index (χ2n) is 5.24. The number of ether oxygens (including phenoxy) is 1. The standard InChI is InChI=1S/C20H16O2/c1-15-18(13-12-16-8-4-2-5-9-16)19(22-20(15)21)14-17-10-6-3-7-11-17/h2-11,19H,14H2,1H3/t19-/m0/s1. The Morgan fingerprint density at radius 3 is 2.27 bits per heavy atom. The van der Waals surface area contributed by atoms with Crippen LogP contribution in [0.25, 0.3) is 0 Å². The second kappa shape index (κ2) is 6.32. The van der Waals surface area contributed by atoms with Crippen molar-refractivity contribution in [1.82, 2.24) is 0 Å². The molecule has 1 aliphatic rings. The van der Waals surface area contributed by atoms with Crippen LogP contribution in [0.5, 0.6) is 0 Å². The fraction of sp³-hybridized carbons (Fsp3) is 0.150. The fourth-order valence-corrected chi connectivity index (χ4v) is 2.44. The van der Waals surface area contributed by atoms with Crippen LogP contribution in [0.2, 0.25) is 0 Å². The van der Waals surface area contributed by atoms with Gasteiger partial charge in [0.15, 0.2) is 0 Å². The van der Waals surface area contributed by atoms with E-state index < -0.39 is 0 Å². The highest BCUT2D eigenvalue weighted by molar-refractivity contribution is 5.93. The summed E-state index contributed by atoms with van der Waals surface area (Å²) in [7, 11) is 0. The number of hydrogen-bond acceptors (Lipinski definition) is 2. The molecule has 2 heteroatoms. The normalized spacial score (nSPS) is 17.0. The third kappa shape index (κ3) is 3.10. The number of carbonyl (C=O) groups is 1. The minimum atomic E-state index is -0.286. The SMILES string of the molecule is CC1=C(C#Cc2ccccc2)[C@H](Cc2ccccc2)OC1=O. The van der Waals surface area contributed by atoms with Gasteiger partial charge in [-0.1, -0.05) is 60.4 Å². The van der Waals surface area contributed by atoms with E-state index in [0.717, 1.165) is 16.7 Å². The summed E-state index contributed by atoms with van der Waals surface area (Å²) in [5.74, 6) is 5.98. The van der Waals surface area contributed by atoms with Crippen LogP contribution >= 0.6 is 0 Å². The Morgan fingerprint density at radius 1 is 0.955 bits per heavy atom. The van der Waals surface area contributed by atoms with Gasteiger partial charge in [-0.3, -0.25) is 0 Å². The maximum atomic E-state index is 11.8. The molecule has 0 aliphatic carbocycles. The molecule has 0 spiro atoms. The molecule has 0 amide bonds. The predicted molar refractivity (Wildman–Crippen MR) is 86.0 cm³/mol. The Morgan fingerprint density at radius 2 is 1.59 bits per heavy atom. The molecule has 1 atom stereocenters. The number of hydrogen-bond donors (Lipinski definition) is 0. The molecule has 0 radical (unpaired) electrons. The molecule has 0 bridgehead atoms. The quantitative estimate of drug-likeness (QED) is 0.624. The van der Waals surface area contributed by atoms with Crippen LogP contribution < -0.4 is 0 Å². The summed E-state index contributed by atoms with van der Waals surface area (Å²) >= 11 is 0. The van der Waals surface area contributed by atoms with E-state index in [1.54, 1.807) is 6.92 Å². The highest BCUT2D eigenvalue weighted by Gasteiger charge is 2.30. The average Bonchev–Trinajstić information content (AvgIpc) is 2.81. The van der Waals surface area contributed by atoms with Crippen molar-refractivity contribution in [2.24, 2.45) is 0 Å². The molecule has 2 aromatic carbocycles. The summed E-state index contributed by atoms with van der Waals surface area (Å²) in [5, 5.41) is 0. The van der Waals surface area contributed by atoms with E-state index in [9.17, 15) is 4.79 Å². The maximum Gasteiger partial charge on any atom is 0.335 e. The van der Waals surface area contributed by atoms with Crippen LogP contribution in [-0.2, 0) is 16.0 Å². The Hall–Kier alpha value is -2.79. The Kier molecular flexibility index (Phi) is 4.07. The van der Waals surface area contributed by atoms with Crippen molar-refractivity contribution in [2.45, 2.75) is 19.4 Å². The van der Waals surface area contributed by atoms with Crippen LogP contribution in [-0.4, -0.2) is 12.1 Å². The van der Waals surface area contributed by atoms with Crippen molar-refractivity contribution in [3.05, 3.63) is 82.9 Å². The molecule has 0 unspecified atom stereocenters. The first kappa shape index (κ1) is 14.2. The van der Waals surface area contributed by atoms with Gasteiger partial charge in [-0.15, -0.1) is 0 Å². The van der Waals surface area contributed by atoms with E-state index in [1.807, 2.05) is 60.7 Å². The number of rotatable bonds is 2. The molecule has 0 fully saturated rings. The van der Waals surface area contributed by atoms with Crippen LogP contribution in [0.3, 0.4) is 0 Å². The topological polar surface area (TPSA) is 26.3 Å². The van der Waals surface area contributed by atoms with Crippen molar-refractivity contribution in [3.8, 4) is 11.8 Å². The predicted octanol–water partition coefficient (Wildman–Crippen LogP) is 3.52. The lowest BCUT2D eigenvalue weighted by Gasteiger charge is -2.10. The van der Waals surface area contributed by atoms with Gasteiger partial charge >= 0.3 is 5.97 Å². The average molecular weight is 288 g/mol. The molecule has 0 saturated heterocycles. The highest BCUT2D eigenvalue weighted by atomic mass is 16.5. The first-order chi connectivity index (χ1) is 10.7. The Bertz CT molecular complexity index is 762. The van der Waals surface area contributed by atoms with Gasteiger partial charge in [-0.2, -0.15) is 0 Å². The molecule has 1 heterocycles. The van der Waals surface area contributed by atoms with Crippen molar-refractivity contribution in [1.29, 1.82) is 0 Å². The third-order valence-corrected chi connectivity index (χ3v) is 3.66. The summed E-state index contributed by atoms with van der Waals surface area (Å²) in [6.07, 6.45) is 0.369. The lowest BCUT2D eigenvalue weighted by molar-refractivity contribution is -0.139. The van der Waals surface area contributed by atoms with Crippen LogP contribution in [0.4, 0.5) is 0 Å². The van der Waals surface area contributed by atoms with Gasteiger partial charge in [-0.05, 0) is 24.6 Å². The molecule has 0 N–H and O–H groups in total. The largest absolute Gasteiger partial charge is 0.453 e. The minimum Gasteiger partial charge on any atom is -0.453 e. The van der Waals surface area contributed by atoms with Gasteiger partial charge in [0.2, 0.25) is 0 Å². The molecule has 0 saturated carbocycles. The molecule has 108 valence electrons. The van der Waals surface area contributed by atoms with Crippen molar-refractivity contribution < 1.29 is 9.53 Å². The lowest BCUT2D eigenvalue weighted by atomic mass is 10.00. The van der Waals surface area contributed by atoms with E-state index >= 15 is 0 Å². The summed E-state index contributed by atoms with van der Waals surface area (Å²) in [6.45, 7) is 1.78. The van der Waals surface area contributed by atoms with Gasteiger partial charge < -0.3 is 4.74 Å². The van der Waals surface area contributed by atoms with Crippen molar-refractivity contribution >= 4 is 5.97 Å². The number of carbonyl (C=O) groups excluding carboxylic acids is 1. The van der Waals surface area contributed by atoms with Gasteiger partial charge in [0.1, 0.15) is 6.10 Å². The van der Waals surface area contributed by atoms with Crippen LogP contribution in [0.1, 0.15) is 18.1 Å². The van der Waals surface area contributed by atoms with E-state index in [4.69, 9.17) is 4.74 Å². The number of esters is 1. The molecular weight excluding hydrogens is 272 g/mol. The Labute approximate surface area is 130 Å². The van der Waals surface area contributed by atoms with E-state index in [0.29, 0.717) is 12.0 Å². The van der Waals surface area contributed by atoms with Gasteiger partial charge in [-0.25, -0.2) is 4.79 Å². The van der Waals surface area contributed by atoms with Crippen LogP contribution in [0.15, 0.2) is 71.8 Å². The van der Waals surface area contributed by atoms with Crippen molar-refractivity contribution in [3.63, 3.8) is 0 Å². The van der Waals surface area contributed by atoms with E-state index in [-0.39, 0.29) is 12.1 Å². The maximum absolute atomic E-state index is 11.8. The van der Waals surface area contributed by atoms with E-state index in [2.05, 4.69) is 11.8 Å². The zero-order valence-corrected chi connectivity index (χ0v) is 12.4. The molecule has 3 rings (SSSR count). The molecule has 2 aromatic rings. The highest BCUT2D eigenvalue weighted by Crippen LogP contribution is 2.25. The monoisotopic (exact) mass is 288 g/mol. The second-order valence-corrected chi connectivity index (χ2v) is 5.24. The van der Waals surface area contributed by atoms with Crippen LogP contribution in [0, 0.1) is 11.8 Å². The first-order valence-corrected chi connectivity index (χ1v) is 7.27. The lowest BCUT2D eigenvalue weighted by Crippen LogP contribution is -2.14. The molecular formula is C20H16O2. The fourth-order valence-electron chi connectivity index (χ4n) is 2.44. The smallest absolute Gasteiger partial charge is 0.335 e. The van der Waals surface area contributed by atoms with Gasteiger partial charge in [0.05, 0.1) is 5.57 Å². The van der Waals surface area contributed by atoms with Gasteiger partial charge in [0.25, 0.3) is 0 Å². The number of cyclic esters (lactones) is 1. The minimum absolute atomic E-state index is 0.265. The number of benzene rings is 2. The molecule has 22 heavy (non-hydrogen) atoms. The van der Waals surface area contributed by atoms with Crippen molar-refractivity contribution in [2.75, 3.05) is 0 Å². The third-order valence-electron chi connectivity index (χ3n) is 3.66.